The molecule has 0 aliphatic heterocycles. The number of phenols is 1. The molecular weight excluding hydrogens is 204 g/mol. The molecule has 0 amide bonds. The van der Waals surface area contributed by atoms with Crippen molar-refractivity contribution in [3.8, 4) is 11.8 Å². The average Bonchev–Trinajstić information content (AvgIpc) is 2.15. The second-order valence-corrected chi connectivity index (χ2v) is 2.93. The lowest BCUT2D eigenvalue weighted by Crippen LogP contribution is -2.01. The number of halogens is 2. The van der Waals surface area contributed by atoms with E-state index in [1.807, 2.05) is 0 Å². The van der Waals surface area contributed by atoms with E-state index >= 15 is 0 Å². The molecular formula is C10H7F2NO2. The number of carbonyl (C=O) groups excluding carboxylic acids is 1. The Hall–Kier alpha value is -1.96. The van der Waals surface area contributed by atoms with Crippen LogP contribution in [0.1, 0.15) is 34.8 Å². The lowest BCUT2D eigenvalue weighted by Gasteiger charge is -2.08. The maximum absolute atomic E-state index is 12.5. The van der Waals surface area contributed by atoms with E-state index in [1.54, 1.807) is 6.07 Å². The molecule has 0 saturated carbocycles. The first-order valence-corrected chi connectivity index (χ1v) is 4.03. The Labute approximate surface area is 84.6 Å². The molecule has 0 atom stereocenters. The van der Waals surface area contributed by atoms with Crippen LogP contribution in [0.25, 0.3) is 0 Å². The number of ketones is 1. The summed E-state index contributed by atoms with van der Waals surface area (Å²) in [4.78, 5) is 11.0. The van der Waals surface area contributed by atoms with E-state index < -0.39 is 23.5 Å². The largest absolute Gasteiger partial charge is 0.507 e. The van der Waals surface area contributed by atoms with Crippen LogP contribution in [0.15, 0.2) is 12.1 Å². The summed E-state index contributed by atoms with van der Waals surface area (Å²) in [5, 5.41) is 17.8. The highest BCUT2D eigenvalue weighted by atomic mass is 19.3. The molecule has 0 aliphatic carbocycles. The van der Waals surface area contributed by atoms with Crippen LogP contribution in [-0.4, -0.2) is 10.9 Å². The number of Topliss-reactive ketones (excluding diaryl/α,β-unsaturated/α-hetero) is 1. The molecule has 1 rings (SSSR count). The molecule has 0 aliphatic rings. The number of hydrogen-bond acceptors (Lipinski definition) is 3. The number of rotatable bonds is 2. The Kier molecular flexibility index (Phi) is 3.00. The molecule has 0 fully saturated rings. The van der Waals surface area contributed by atoms with Gasteiger partial charge in [-0.2, -0.15) is 5.26 Å². The smallest absolute Gasteiger partial charge is 0.268 e. The molecule has 0 saturated heterocycles. The first kappa shape index (κ1) is 11.1. The maximum atomic E-state index is 12.5. The summed E-state index contributed by atoms with van der Waals surface area (Å²) >= 11 is 0. The summed E-state index contributed by atoms with van der Waals surface area (Å²) in [6.45, 7) is 1.10. The summed E-state index contributed by atoms with van der Waals surface area (Å²) in [6, 6.07) is 3.63. The lowest BCUT2D eigenvalue weighted by molar-refractivity contribution is 0.0996. The number of nitrogens with zero attached hydrogens (tertiary/aromatic N) is 1. The van der Waals surface area contributed by atoms with Crippen molar-refractivity contribution >= 4 is 5.78 Å². The van der Waals surface area contributed by atoms with Crippen molar-refractivity contribution in [2.45, 2.75) is 13.3 Å². The van der Waals surface area contributed by atoms with Crippen molar-refractivity contribution in [3.05, 3.63) is 28.8 Å². The van der Waals surface area contributed by atoms with Gasteiger partial charge in [-0.3, -0.25) is 4.79 Å². The molecule has 78 valence electrons. The minimum Gasteiger partial charge on any atom is -0.507 e. The number of nitriles is 1. The number of carbonyl (C=O) groups is 1. The number of phenolic OH excluding ortho intramolecular Hbond substituents is 1. The van der Waals surface area contributed by atoms with E-state index in [0.717, 1.165) is 19.1 Å². The third-order valence-corrected chi connectivity index (χ3v) is 1.88. The molecule has 5 heteroatoms. The zero-order valence-electron chi connectivity index (χ0n) is 7.79. The van der Waals surface area contributed by atoms with Crippen LogP contribution < -0.4 is 0 Å². The fraction of sp³-hybridized carbons (Fsp3) is 0.200. The van der Waals surface area contributed by atoms with Crippen molar-refractivity contribution in [2.24, 2.45) is 0 Å². The number of aromatic hydroxyl groups is 1. The van der Waals surface area contributed by atoms with Gasteiger partial charge in [-0.05, 0) is 19.1 Å². The first-order chi connectivity index (χ1) is 6.97. The van der Waals surface area contributed by atoms with Crippen molar-refractivity contribution < 1.29 is 18.7 Å². The molecule has 0 radical (unpaired) electrons. The van der Waals surface area contributed by atoms with Gasteiger partial charge in [-0.15, -0.1) is 0 Å². The standard InChI is InChI=1S/C10H7F2NO2/c1-5(14)7-2-6(4-13)3-8(15)9(7)10(11)12/h2-3,10,15H,1H3. The Morgan fingerprint density at radius 2 is 2.13 bits per heavy atom. The van der Waals surface area contributed by atoms with Crippen LogP contribution in [0.5, 0.6) is 5.75 Å². The number of alkyl halides is 2. The third-order valence-electron chi connectivity index (χ3n) is 1.88. The monoisotopic (exact) mass is 211 g/mol. The third kappa shape index (κ3) is 2.10. The van der Waals surface area contributed by atoms with Gasteiger partial charge in [-0.25, -0.2) is 8.78 Å². The molecule has 0 bridgehead atoms. The van der Waals surface area contributed by atoms with Crippen LogP contribution in [0, 0.1) is 11.3 Å². The maximum Gasteiger partial charge on any atom is 0.268 e. The quantitative estimate of drug-likeness (QED) is 0.764. The average molecular weight is 211 g/mol. The molecule has 0 spiro atoms. The van der Waals surface area contributed by atoms with Gasteiger partial charge in [-0.1, -0.05) is 0 Å². The van der Waals surface area contributed by atoms with Gasteiger partial charge in [0, 0.05) is 5.56 Å². The van der Waals surface area contributed by atoms with E-state index in [1.165, 1.54) is 0 Å². The van der Waals surface area contributed by atoms with Gasteiger partial charge in [0.25, 0.3) is 6.43 Å². The fourth-order valence-corrected chi connectivity index (χ4v) is 1.22. The predicted octanol–water partition coefficient (Wildman–Crippen LogP) is 2.40. The minimum atomic E-state index is -2.95. The molecule has 0 aromatic heterocycles. The summed E-state index contributed by atoms with van der Waals surface area (Å²) in [5.41, 5.74) is -1.06. The summed E-state index contributed by atoms with van der Waals surface area (Å²) in [5.74, 6) is -1.34. The molecule has 1 aromatic carbocycles. The van der Waals surface area contributed by atoms with Crippen molar-refractivity contribution in [1.29, 1.82) is 5.26 Å². The predicted molar refractivity (Wildman–Crippen MR) is 47.8 cm³/mol. The van der Waals surface area contributed by atoms with Crippen molar-refractivity contribution in [1.82, 2.24) is 0 Å². The Balaban J connectivity index is 3.51. The first-order valence-electron chi connectivity index (χ1n) is 4.03. The molecule has 3 nitrogen and oxygen atoms in total. The number of benzene rings is 1. The Bertz CT molecular complexity index is 449. The molecule has 15 heavy (non-hydrogen) atoms. The van der Waals surface area contributed by atoms with Gasteiger partial charge in [0.15, 0.2) is 5.78 Å². The SMILES string of the molecule is CC(=O)c1cc(C#N)cc(O)c1C(F)F. The van der Waals surface area contributed by atoms with Crippen LogP contribution in [-0.2, 0) is 0 Å². The second-order valence-electron chi connectivity index (χ2n) is 2.93. The van der Waals surface area contributed by atoms with Crippen molar-refractivity contribution in [2.75, 3.05) is 0 Å². The zero-order chi connectivity index (χ0) is 11.6. The van der Waals surface area contributed by atoms with Gasteiger partial charge < -0.3 is 5.11 Å². The summed E-state index contributed by atoms with van der Waals surface area (Å²) in [7, 11) is 0. The normalized spacial score (nSPS) is 10.1. The second kappa shape index (κ2) is 4.05. The molecule has 0 heterocycles. The van der Waals surface area contributed by atoms with E-state index in [-0.39, 0.29) is 11.1 Å². The van der Waals surface area contributed by atoms with E-state index in [2.05, 4.69) is 0 Å². The van der Waals surface area contributed by atoms with E-state index in [9.17, 15) is 18.7 Å². The van der Waals surface area contributed by atoms with Gasteiger partial charge >= 0.3 is 0 Å². The minimum absolute atomic E-state index is 0.0258. The van der Waals surface area contributed by atoms with Crippen LogP contribution >= 0.6 is 0 Å². The van der Waals surface area contributed by atoms with Crippen LogP contribution in [0.4, 0.5) is 8.78 Å². The topological polar surface area (TPSA) is 61.1 Å². The van der Waals surface area contributed by atoms with Gasteiger partial charge in [0.05, 0.1) is 17.2 Å². The van der Waals surface area contributed by atoms with Gasteiger partial charge in [0.1, 0.15) is 5.75 Å². The highest BCUT2D eigenvalue weighted by molar-refractivity contribution is 5.96. The van der Waals surface area contributed by atoms with Crippen LogP contribution in [0.3, 0.4) is 0 Å². The highest BCUT2D eigenvalue weighted by Gasteiger charge is 2.21. The number of hydrogen-bond donors (Lipinski definition) is 1. The summed E-state index contributed by atoms with van der Waals surface area (Å²) in [6.07, 6.45) is -2.95. The Morgan fingerprint density at radius 3 is 2.53 bits per heavy atom. The Morgan fingerprint density at radius 1 is 1.53 bits per heavy atom. The fourth-order valence-electron chi connectivity index (χ4n) is 1.22. The van der Waals surface area contributed by atoms with Gasteiger partial charge in [0.2, 0.25) is 0 Å². The van der Waals surface area contributed by atoms with E-state index in [4.69, 9.17) is 5.26 Å². The summed E-state index contributed by atoms with van der Waals surface area (Å²) < 4.78 is 25.0. The zero-order valence-corrected chi connectivity index (χ0v) is 7.79. The lowest BCUT2D eigenvalue weighted by atomic mass is 10.0. The molecule has 1 N–H and O–H groups in total. The van der Waals surface area contributed by atoms with E-state index in [0.29, 0.717) is 0 Å². The highest BCUT2D eigenvalue weighted by Crippen LogP contribution is 2.32. The molecule has 1 aromatic rings. The van der Waals surface area contributed by atoms with Crippen molar-refractivity contribution in [3.63, 3.8) is 0 Å². The molecule has 0 unspecified atom stereocenters. The van der Waals surface area contributed by atoms with Crippen LogP contribution in [0.2, 0.25) is 0 Å².